The highest BCUT2D eigenvalue weighted by Gasteiger charge is 2.23. The van der Waals surface area contributed by atoms with Gasteiger partial charge in [-0.1, -0.05) is 0 Å². The van der Waals surface area contributed by atoms with Gasteiger partial charge in [-0.3, -0.25) is 14.4 Å². The van der Waals surface area contributed by atoms with Crippen LogP contribution in [-0.2, 0) is 19.1 Å². The van der Waals surface area contributed by atoms with Crippen LogP contribution in [-0.4, -0.2) is 50.1 Å². The van der Waals surface area contributed by atoms with Crippen molar-refractivity contribution < 1.29 is 28.2 Å². The van der Waals surface area contributed by atoms with Crippen molar-refractivity contribution in [2.24, 2.45) is 0 Å². The van der Waals surface area contributed by atoms with Crippen molar-refractivity contribution in [3.8, 4) is 0 Å². The summed E-state index contributed by atoms with van der Waals surface area (Å²) in [7, 11) is 2.31. The minimum absolute atomic E-state index is 0.00325. The number of amides is 1. The fourth-order valence-corrected chi connectivity index (χ4v) is 1.70. The van der Waals surface area contributed by atoms with Gasteiger partial charge >= 0.3 is 11.9 Å². The van der Waals surface area contributed by atoms with E-state index in [9.17, 15) is 18.8 Å². The van der Waals surface area contributed by atoms with Gasteiger partial charge in [-0.05, 0) is 34.1 Å². The number of rotatable bonds is 5. The summed E-state index contributed by atoms with van der Waals surface area (Å²) in [6.07, 6.45) is 0. The Labute approximate surface area is 128 Å². The summed E-state index contributed by atoms with van der Waals surface area (Å²) >= 11 is 2.97. The van der Waals surface area contributed by atoms with Gasteiger partial charge in [0.15, 0.2) is 0 Å². The van der Waals surface area contributed by atoms with E-state index in [1.54, 1.807) is 0 Å². The molecule has 1 aromatic rings. The number of methoxy groups -OCH3 is 2. The molecule has 0 aromatic heterocycles. The lowest BCUT2D eigenvalue weighted by Crippen LogP contribution is -2.40. The first-order chi connectivity index (χ1) is 9.88. The molecule has 0 aliphatic heterocycles. The van der Waals surface area contributed by atoms with E-state index < -0.39 is 36.8 Å². The predicted molar refractivity (Wildman–Crippen MR) is 74.0 cm³/mol. The maximum absolute atomic E-state index is 13.5. The van der Waals surface area contributed by atoms with Crippen LogP contribution in [0.1, 0.15) is 10.4 Å². The van der Waals surface area contributed by atoms with Crippen LogP contribution in [0.2, 0.25) is 0 Å². The first kappa shape index (κ1) is 17.1. The van der Waals surface area contributed by atoms with E-state index in [-0.39, 0.29) is 10.0 Å². The Morgan fingerprint density at radius 1 is 1.14 bits per heavy atom. The maximum atomic E-state index is 13.5. The molecule has 114 valence electrons. The van der Waals surface area contributed by atoms with Crippen molar-refractivity contribution in [1.29, 1.82) is 0 Å². The summed E-state index contributed by atoms with van der Waals surface area (Å²) in [6.45, 7) is -0.885. The number of esters is 2. The van der Waals surface area contributed by atoms with E-state index >= 15 is 0 Å². The highest BCUT2D eigenvalue weighted by atomic mass is 79.9. The number of halogens is 2. The molecular weight excluding hydrogens is 349 g/mol. The second-order valence-corrected chi connectivity index (χ2v) is 4.80. The molecule has 1 aromatic carbocycles. The smallest absolute Gasteiger partial charge is 0.325 e. The third kappa shape index (κ3) is 4.82. The third-order valence-corrected chi connectivity index (χ3v) is 3.19. The van der Waals surface area contributed by atoms with E-state index in [1.165, 1.54) is 12.1 Å². The second kappa shape index (κ2) is 7.72. The van der Waals surface area contributed by atoms with Crippen LogP contribution in [0.5, 0.6) is 0 Å². The van der Waals surface area contributed by atoms with Crippen LogP contribution in [0.3, 0.4) is 0 Å². The third-order valence-electron chi connectivity index (χ3n) is 2.55. The molecule has 21 heavy (non-hydrogen) atoms. The Balaban J connectivity index is 2.99. The molecule has 0 aliphatic carbocycles. The molecule has 0 aliphatic rings. The van der Waals surface area contributed by atoms with Crippen molar-refractivity contribution in [2.75, 3.05) is 27.3 Å². The van der Waals surface area contributed by atoms with Crippen LogP contribution in [0.4, 0.5) is 4.39 Å². The molecule has 1 amide bonds. The average Bonchev–Trinajstić information content (AvgIpc) is 2.48. The Morgan fingerprint density at radius 2 is 1.67 bits per heavy atom. The molecule has 0 atom stereocenters. The molecule has 0 radical (unpaired) electrons. The fourth-order valence-electron chi connectivity index (χ4n) is 1.45. The molecule has 0 bridgehead atoms. The summed E-state index contributed by atoms with van der Waals surface area (Å²) in [5.74, 6) is -2.72. The van der Waals surface area contributed by atoms with Crippen molar-refractivity contribution in [3.05, 3.63) is 34.1 Å². The molecule has 0 saturated carbocycles. The Morgan fingerprint density at radius 3 is 2.10 bits per heavy atom. The number of ether oxygens (including phenoxy) is 2. The van der Waals surface area contributed by atoms with E-state index in [4.69, 9.17) is 0 Å². The lowest BCUT2D eigenvalue weighted by Gasteiger charge is -2.20. The standard InChI is InChI=1S/C13H13BrFNO5/c1-20-11(17)6-16(7-12(18)21-2)13(19)8-3-4-9(14)10(15)5-8/h3-5H,6-7H2,1-2H3. The molecule has 0 fully saturated rings. The Kier molecular flexibility index (Phi) is 6.29. The number of carbonyl (C=O) groups is 3. The van der Waals surface area contributed by atoms with Gasteiger partial charge in [0.05, 0.1) is 18.7 Å². The quantitative estimate of drug-likeness (QED) is 0.740. The van der Waals surface area contributed by atoms with Gasteiger partial charge in [-0.2, -0.15) is 0 Å². The van der Waals surface area contributed by atoms with Gasteiger partial charge in [0.2, 0.25) is 0 Å². The molecular formula is C13H13BrFNO5. The highest BCUT2D eigenvalue weighted by Crippen LogP contribution is 2.17. The Hall–Kier alpha value is -1.96. The number of carbonyl (C=O) groups excluding carboxylic acids is 3. The number of benzene rings is 1. The van der Waals surface area contributed by atoms with Crippen molar-refractivity contribution in [1.82, 2.24) is 4.90 Å². The molecule has 0 N–H and O–H groups in total. The summed E-state index contributed by atoms with van der Waals surface area (Å²) in [6, 6.07) is 3.74. The van der Waals surface area contributed by atoms with Crippen LogP contribution < -0.4 is 0 Å². The normalized spacial score (nSPS) is 9.90. The van der Waals surface area contributed by atoms with Gasteiger partial charge < -0.3 is 14.4 Å². The zero-order valence-electron chi connectivity index (χ0n) is 11.4. The lowest BCUT2D eigenvalue weighted by molar-refractivity contribution is -0.144. The minimum atomic E-state index is -0.704. The molecule has 8 heteroatoms. The summed E-state index contributed by atoms with van der Waals surface area (Å²) in [4.78, 5) is 35.8. The van der Waals surface area contributed by atoms with Gasteiger partial charge in [0.1, 0.15) is 18.9 Å². The SMILES string of the molecule is COC(=O)CN(CC(=O)OC)C(=O)c1ccc(Br)c(F)c1. The zero-order valence-corrected chi connectivity index (χ0v) is 13.0. The number of hydrogen-bond donors (Lipinski definition) is 0. The molecule has 0 spiro atoms. The van der Waals surface area contributed by atoms with E-state index in [2.05, 4.69) is 25.4 Å². The van der Waals surface area contributed by atoms with Crippen molar-refractivity contribution in [3.63, 3.8) is 0 Å². The van der Waals surface area contributed by atoms with E-state index in [0.717, 1.165) is 25.2 Å². The number of hydrogen-bond acceptors (Lipinski definition) is 5. The van der Waals surface area contributed by atoms with E-state index in [0.29, 0.717) is 0 Å². The van der Waals surface area contributed by atoms with E-state index in [1.807, 2.05) is 0 Å². The number of nitrogens with zero attached hydrogens (tertiary/aromatic N) is 1. The molecule has 0 heterocycles. The van der Waals surface area contributed by atoms with Gasteiger partial charge in [-0.15, -0.1) is 0 Å². The van der Waals surface area contributed by atoms with Crippen LogP contribution in [0.15, 0.2) is 22.7 Å². The molecule has 0 unspecified atom stereocenters. The summed E-state index contributed by atoms with van der Waals surface area (Å²) in [5, 5.41) is 0. The van der Waals surface area contributed by atoms with Crippen LogP contribution in [0.25, 0.3) is 0 Å². The summed E-state index contributed by atoms with van der Waals surface area (Å²) < 4.78 is 22.6. The lowest BCUT2D eigenvalue weighted by atomic mass is 10.2. The monoisotopic (exact) mass is 361 g/mol. The zero-order chi connectivity index (χ0) is 16.0. The highest BCUT2D eigenvalue weighted by molar-refractivity contribution is 9.10. The summed E-state index contributed by atoms with van der Waals surface area (Å²) in [5.41, 5.74) is 0.00325. The van der Waals surface area contributed by atoms with Crippen molar-refractivity contribution >= 4 is 33.8 Å². The van der Waals surface area contributed by atoms with Crippen LogP contribution in [0, 0.1) is 5.82 Å². The fraction of sp³-hybridized carbons (Fsp3) is 0.308. The largest absolute Gasteiger partial charge is 0.468 e. The Bertz CT molecular complexity index is 545. The first-order valence-electron chi connectivity index (χ1n) is 5.77. The van der Waals surface area contributed by atoms with Crippen molar-refractivity contribution in [2.45, 2.75) is 0 Å². The first-order valence-corrected chi connectivity index (χ1v) is 6.56. The topological polar surface area (TPSA) is 72.9 Å². The molecule has 6 nitrogen and oxygen atoms in total. The molecule has 0 saturated heterocycles. The van der Waals surface area contributed by atoms with Crippen LogP contribution >= 0.6 is 15.9 Å². The predicted octanol–water partition coefficient (Wildman–Crippen LogP) is 1.38. The van der Waals surface area contributed by atoms with Gasteiger partial charge in [-0.25, -0.2) is 4.39 Å². The average molecular weight is 362 g/mol. The maximum Gasteiger partial charge on any atom is 0.325 e. The van der Waals surface area contributed by atoms with Gasteiger partial charge in [0, 0.05) is 5.56 Å². The molecule has 1 rings (SSSR count). The van der Waals surface area contributed by atoms with Gasteiger partial charge in [0.25, 0.3) is 5.91 Å². The second-order valence-electron chi connectivity index (χ2n) is 3.94. The minimum Gasteiger partial charge on any atom is -0.468 e.